The summed E-state index contributed by atoms with van der Waals surface area (Å²) in [6.45, 7) is 0.934. The van der Waals surface area contributed by atoms with Crippen molar-refractivity contribution in [2.75, 3.05) is 13.2 Å². The van der Waals surface area contributed by atoms with Crippen LogP contribution < -0.4 is 5.73 Å². The molecule has 8 heavy (non-hydrogen) atoms. The molecule has 0 aliphatic rings. The van der Waals surface area contributed by atoms with Gasteiger partial charge in [-0.15, -0.1) is 0 Å². The highest BCUT2D eigenvalue weighted by molar-refractivity contribution is 4.80. The summed E-state index contributed by atoms with van der Waals surface area (Å²) >= 11 is 0. The predicted molar refractivity (Wildman–Crippen MR) is 34.5 cm³/mol. The molecule has 0 amide bonds. The molecule has 0 unspecified atom stereocenters. The number of hydrogen-bond acceptors (Lipinski definition) is 2. The summed E-state index contributed by atoms with van der Waals surface area (Å²) < 4.78 is 0. The van der Waals surface area contributed by atoms with E-state index in [9.17, 15) is 0 Å². The number of rotatable bonds is 4. The Morgan fingerprint density at radius 2 is 1.88 bits per heavy atom. The summed E-state index contributed by atoms with van der Waals surface area (Å²) in [6, 6.07) is 0. The maximum absolute atomic E-state index is 8.28. The molecule has 2 heteroatoms. The van der Waals surface area contributed by atoms with Gasteiger partial charge in [-0.05, 0) is 19.4 Å². The number of nitrogens with two attached hydrogens (primary N) is 1. The molecule has 0 aromatic heterocycles. The molecular formula is C6H13NO. The summed E-state index contributed by atoms with van der Waals surface area (Å²) in [7, 11) is 0. The van der Waals surface area contributed by atoms with Gasteiger partial charge in [0.1, 0.15) is 0 Å². The minimum absolute atomic E-state index is 0.237. The van der Waals surface area contributed by atoms with E-state index in [1.807, 2.05) is 12.2 Å². The largest absolute Gasteiger partial charge is 0.396 e. The Morgan fingerprint density at radius 3 is 2.38 bits per heavy atom. The molecule has 2 nitrogen and oxygen atoms in total. The van der Waals surface area contributed by atoms with Gasteiger partial charge >= 0.3 is 0 Å². The lowest BCUT2D eigenvalue weighted by atomic mass is 10.3. The van der Waals surface area contributed by atoms with E-state index in [-0.39, 0.29) is 6.61 Å². The Hall–Kier alpha value is -0.340. The van der Waals surface area contributed by atoms with Gasteiger partial charge in [-0.25, -0.2) is 0 Å². The summed E-state index contributed by atoms with van der Waals surface area (Å²) in [6.07, 6.45) is 5.59. The fraction of sp³-hybridized carbons (Fsp3) is 0.667. The van der Waals surface area contributed by atoms with Crippen molar-refractivity contribution in [1.29, 1.82) is 0 Å². The van der Waals surface area contributed by atoms with Gasteiger partial charge in [0.2, 0.25) is 0 Å². The lowest BCUT2D eigenvalue weighted by Gasteiger charge is -1.83. The SMILES string of the molecule is NCC/C=C\CCO. The smallest absolute Gasteiger partial charge is 0.0465 e. The van der Waals surface area contributed by atoms with Crippen LogP contribution in [-0.2, 0) is 0 Å². The van der Waals surface area contributed by atoms with Gasteiger partial charge in [-0.2, -0.15) is 0 Å². The van der Waals surface area contributed by atoms with Gasteiger partial charge in [-0.1, -0.05) is 12.2 Å². The Balaban J connectivity index is 2.83. The van der Waals surface area contributed by atoms with Crippen molar-refractivity contribution in [2.24, 2.45) is 5.73 Å². The predicted octanol–water partition coefficient (Wildman–Crippen LogP) is 0.274. The van der Waals surface area contributed by atoms with Crippen LogP contribution in [0.25, 0.3) is 0 Å². The van der Waals surface area contributed by atoms with Crippen LogP contribution in [0.2, 0.25) is 0 Å². The minimum atomic E-state index is 0.237. The van der Waals surface area contributed by atoms with Crippen molar-refractivity contribution >= 4 is 0 Å². The zero-order valence-corrected chi connectivity index (χ0v) is 5.01. The van der Waals surface area contributed by atoms with E-state index in [0.29, 0.717) is 6.54 Å². The van der Waals surface area contributed by atoms with Crippen LogP contribution in [0.5, 0.6) is 0 Å². The Morgan fingerprint density at radius 1 is 1.25 bits per heavy atom. The van der Waals surface area contributed by atoms with E-state index in [1.54, 1.807) is 0 Å². The second-order valence-corrected chi connectivity index (χ2v) is 1.56. The number of hydrogen-bond donors (Lipinski definition) is 2. The Bertz CT molecular complexity index is 53.5. The average molecular weight is 115 g/mol. The first kappa shape index (κ1) is 7.66. The Kier molecular flexibility index (Phi) is 6.38. The molecule has 0 heterocycles. The van der Waals surface area contributed by atoms with E-state index in [2.05, 4.69) is 0 Å². The van der Waals surface area contributed by atoms with Crippen LogP contribution in [-0.4, -0.2) is 18.3 Å². The van der Waals surface area contributed by atoms with Gasteiger partial charge < -0.3 is 10.8 Å². The van der Waals surface area contributed by atoms with E-state index in [4.69, 9.17) is 10.8 Å². The molecule has 48 valence electrons. The van der Waals surface area contributed by atoms with Gasteiger partial charge in [0, 0.05) is 6.61 Å². The third-order valence-corrected chi connectivity index (χ3v) is 0.796. The van der Waals surface area contributed by atoms with Crippen LogP contribution >= 0.6 is 0 Å². The fourth-order valence-corrected chi connectivity index (χ4v) is 0.406. The molecule has 0 spiro atoms. The second-order valence-electron chi connectivity index (χ2n) is 1.56. The zero-order valence-electron chi connectivity index (χ0n) is 5.01. The van der Waals surface area contributed by atoms with Crippen molar-refractivity contribution < 1.29 is 5.11 Å². The van der Waals surface area contributed by atoms with Gasteiger partial charge in [0.15, 0.2) is 0 Å². The topological polar surface area (TPSA) is 46.2 Å². The quantitative estimate of drug-likeness (QED) is 0.517. The van der Waals surface area contributed by atoms with E-state index >= 15 is 0 Å². The molecule has 0 bridgehead atoms. The maximum Gasteiger partial charge on any atom is 0.0465 e. The molecule has 0 saturated carbocycles. The highest BCUT2D eigenvalue weighted by Gasteiger charge is 1.72. The van der Waals surface area contributed by atoms with Gasteiger partial charge in [0.25, 0.3) is 0 Å². The normalized spacial score (nSPS) is 10.8. The lowest BCUT2D eigenvalue weighted by Crippen LogP contribution is -1.95. The van der Waals surface area contributed by atoms with Crippen LogP contribution in [0.3, 0.4) is 0 Å². The molecule has 0 aromatic carbocycles. The first-order valence-electron chi connectivity index (χ1n) is 2.87. The molecule has 0 fully saturated rings. The summed E-state index contributed by atoms with van der Waals surface area (Å²) in [4.78, 5) is 0. The third kappa shape index (κ3) is 5.66. The molecular weight excluding hydrogens is 102 g/mol. The van der Waals surface area contributed by atoms with Crippen molar-refractivity contribution in [3.05, 3.63) is 12.2 Å². The Labute approximate surface area is 50.0 Å². The summed E-state index contributed by atoms with van der Waals surface area (Å²) in [5.41, 5.74) is 5.20. The zero-order chi connectivity index (χ0) is 6.24. The van der Waals surface area contributed by atoms with Gasteiger partial charge in [0.05, 0.1) is 0 Å². The maximum atomic E-state index is 8.28. The van der Waals surface area contributed by atoms with Crippen molar-refractivity contribution in [1.82, 2.24) is 0 Å². The monoisotopic (exact) mass is 115 g/mol. The molecule has 0 saturated heterocycles. The summed E-state index contributed by atoms with van der Waals surface area (Å²) in [5, 5.41) is 8.28. The first-order valence-corrected chi connectivity index (χ1v) is 2.87. The van der Waals surface area contributed by atoms with Crippen LogP contribution in [0.15, 0.2) is 12.2 Å². The summed E-state index contributed by atoms with van der Waals surface area (Å²) in [5.74, 6) is 0. The van der Waals surface area contributed by atoms with Crippen molar-refractivity contribution in [2.45, 2.75) is 12.8 Å². The highest BCUT2D eigenvalue weighted by atomic mass is 16.2. The number of aliphatic hydroxyl groups is 1. The second kappa shape index (κ2) is 6.66. The molecule has 0 radical (unpaired) electrons. The number of aliphatic hydroxyl groups excluding tert-OH is 1. The standard InChI is InChI=1S/C6H13NO/c7-5-3-1-2-4-6-8/h1-2,8H,3-7H2/b2-1-. The minimum Gasteiger partial charge on any atom is -0.396 e. The molecule has 3 N–H and O–H groups in total. The van der Waals surface area contributed by atoms with Crippen LogP contribution in [0, 0.1) is 0 Å². The molecule has 0 rings (SSSR count). The van der Waals surface area contributed by atoms with E-state index < -0.39 is 0 Å². The van der Waals surface area contributed by atoms with Gasteiger partial charge in [-0.3, -0.25) is 0 Å². The van der Waals surface area contributed by atoms with E-state index in [0.717, 1.165) is 12.8 Å². The lowest BCUT2D eigenvalue weighted by molar-refractivity contribution is 0.302. The van der Waals surface area contributed by atoms with E-state index in [1.165, 1.54) is 0 Å². The molecule has 0 atom stereocenters. The average Bonchev–Trinajstić information content (AvgIpc) is 1.81. The van der Waals surface area contributed by atoms with Crippen LogP contribution in [0.1, 0.15) is 12.8 Å². The van der Waals surface area contributed by atoms with Crippen molar-refractivity contribution in [3.63, 3.8) is 0 Å². The fourth-order valence-electron chi connectivity index (χ4n) is 0.406. The highest BCUT2D eigenvalue weighted by Crippen LogP contribution is 1.82. The van der Waals surface area contributed by atoms with Crippen LogP contribution in [0.4, 0.5) is 0 Å². The van der Waals surface area contributed by atoms with Crippen molar-refractivity contribution in [3.8, 4) is 0 Å². The first-order chi connectivity index (χ1) is 3.91. The molecule has 0 aliphatic heterocycles. The third-order valence-electron chi connectivity index (χ3n) is 0.796. The molecule has 0 aromatic rings. The molecule has 0 aliphatic carbocycles.